The molecule has 9 nitrogen and oxygen atoms in total. The lowest BCUT2D eigenvalue weighted by atomic mass is 9.84. The highest BCUT2D eigenvalue weighted by molar-refractivity contribution is 6.30. The molecule has 2 fully saturated rings. The van der Waals surface area contributed by atoms with Gasteiger partial charge in [0, 0.05) is 31.2 Å². The van der Waals surface area contributed by atoms with Crippen LogP contribution >= 0.6 is 23.2 Å². The van der Waals surface area contributed by atoms with Crippen molar-refractivity contribution in [3.63, 3.8) is 0 Å². The van der Waals surface area contributed by atoms with Gasteiger partial charge in [0.2, 0.25) is 11.7 Å². The van der Waals surface area contributed by atoms with E-state index < -0.39 is 5.91 Å². The van der Waals surface area contributed by atoms with Crippen LogP contribution in [0.2, 0.25) is 10.2 Å². The number of rotatable bonds is 5. The van der Waals surface area contributed by atoms with Gasteiger partial charge in [0.05, 0.1) is 18.2 Å². The molecule has 0 unspecified atom stereocenters. The molecular weight excluding hydrogens is 493 g/mol. The van der Waals surface area contributed by atoms with Gasteiger partial charge in [0.1, 0.15) is 22.2 Å². The average Bonchev–Trinajstić information content (AvgIpc) is 3.23. The molecule has 2 N–H and O–H groups in total. The minimum atomic E-state index is -0.569. The Morgan fingerprint density at radius 3 is 2.49 bits per heavy atom. The number of carbonyl (C=O) groups excluding carboxylic acids is 2. The van der Waals surface area contributed by atoms with Gasteiger partial charge in [-0.15, -0.1) is 0 Å². The van der Waals surface area contributed by atoms with E-state index in [0.29, 0.717) is 28.0 Å². The van der Waals surface area contributed by atoms with E-state index in [4.69, 9.17) is 32.4 Å². The summed E-state index contributed by atoms with van der Waals surface area (Å²) in [6.07, 6.45) is 4.86. The lowest BCUT2D eigenvalue weighted by Gasteiger charge is -2.38. The summed E-state index contributed by atoms with van der Waals surface area (Å²) < 4.78 is 11.2. The largest absolute Gasteiger partial charge is 0.447 e. The molecule has 1 saturated heterocycles. The maximum atomic E-state index is 13.2. The highest BCUT2D eigenvalue weighted by atomic mass is 35.5. The Morgan fingerprint density at radius 1 is 1.00 bits per heavy atom. The molecule has 2 amide bonds. The van der Waals surface area contributed by atoms with Crippen molar-refractivity contribution in [1.82, 2.24) is 14.9 Å². The fourth-order valence-corrected chi connectivity index (χ4v) is 4.98. The number of halogens is 2. The van der Waals surface area contributed by atoms with Crippen LogP contribution in [0.5, 0.6) is 0 Å². The third-order valence-electron chi connectivity index (χ3n) is 6.55. The van der Waals surface area contributed by atoms with Crippen LogP contribution in [-0.4, -0.2) is 59.0 Å². The van der Waals surface area contributed by atoms with Crippen molar-refractivity contribution in [1.29, 1.82) is 0 Å². The maximum Gasteiger partial charge on any atom is 0.294 e. The van der Waals surface area contributed by atoms with E-state index in [1.54, 1.807) is 24.3 Å². The van der Waals surface area contributed by atoms with Gasteiger partial charge >= 0.3 is 0 Å². The number of nitrogens with one attached hydrogen (secondary N) is 2. The molecule has 3 aromatic rings. The molecule has 0 atom stereocenters. The fraction of sp³-hybridized carbons (Fsp3) is 0.417. The van der Waals surface area contributed by atoms with Crippen molar-refractivity contribution in [3.8, 4) is 0 Å². The lowest BCUT2D eigenvalue weighted by Crippen LogP contribution is -2.45. The minimum Gasteiger partial charge on any atom is -0.447 e. The van der Waals surface area contributed by atoms with Crippen molar-refractivity contribution in [2.75, 3.05) is 36.9 Å². The molecular formula is C24H25Cl2N5O4. The molecule has 3 aromatic heterocycles. The van der Waals surface area contributed by atoms with E-state index in [1.807, 2.05) is 0 Å². The molecule has 5 rings (SSSR count). The van der Waals surface area contributed by atoms with Crippen molar-refractivity contribution in [2.45, 2.75) is 31.7 Å². The van der Waals surface area contributed by atoms with Gasteiger partial charge in [-0.3, -0.25) is 14.5 Å². The number of ether oxygens (including phenoxy) is 1. The second-order valence-electron chi connectivity index (χ2n) is 8.75. The molecule has 0 aromatic carbocycles. The number of nitrogens with zero attached hydrogens (tertiary/aromatic N) is 3. The van der Waals surface area contributed by atoms with Crippen molar-refractivity contribution >= 4 is 57.6 Å². The second kappa shape index (κ2) is 10.5. The molecule has 1 aliphatic heterocycles. The fourth-order valence-electron chi connectivity index (χ4n) is 4.72. The molecule has 35 heavy (non-hydrogen) atoms. The molecule has 11 heteroatoms. The zero-order valence-electron chi connectivity index (χ0n) is 18.9. The highest BCUT2D eigenvalue weighted by Gasteiger charge is 2.32. The predicted octanol–water partition coefficient (Wildman–Crippen LogP) is 4.61. The molecule has 0 bridgehead atoms. The van der Waals surface area contributed by atoms with E-state index in [0.717, 1.165) is 52.0 Å². The number of pyridine rings is 2. The number of fused-ring (bicyclic) bond motifs is 1. The van der Waals surface area contributed by atoms with Crippen molar-refractivity contribution in [3.05, 3.63) is 46.4 Å². The first kappa shape index (κ1) is 24.0. The number of aromatic nitrogens is 2. The number of furan rings is 1. The van der Waals surface area contributed by atoms with E-state index in [2.05, 4.69) is 25.5 Å². The number of anilines is 2. The normalized spacial score (nSPS) is 21.1. The van der Waals surface area contributed by atoms with Gasteiger partial charge in [0.15, 0.2) is 5.58 Å². The maximum absolute atomic E-state index is 13.2. The number of hydrogen-bond donors (Lipinski definition) is 2. The zero-order valence-corrected chi connectivity index (χ0v) is 20.4. The summed E-state index contributed by atoms with van der Waals surface area (Å²) in [4.78, 5) is 37.1. The number of hydrogen-bond acceptors (Lipinski definition) is 7. The Labute approximate surface area is 212 Å². The zero-order chi connectivity index (χ0) is 24.4. The topological polar surface area (TPSA) is 110 Å². The smallest absolute Gasteiger partial charge is 0.294 e. The summed E-state index contributed by atoms with van der Waals surface area (Å²) in [7, 11) is 0. The summed E-state index contributed by atoms with van der Waals surface area (Å²) in [5, 5.41) is 6.25. The Bertz CT molecular complexity index is 1220. The molecule has 2 aliphatic rings. The van der Waals surface area contributed by atoms with Crippen LogP contribution in [0.3, 0.4) is 0 Å². The van der Waals surface area contributed by atoms with Crippen molar-refractivity contribution in [2.24, 2.45) is 5.92 Å². The molecule has 0 radical (unpaired) electrons. The van der Waals surface area contributed by atoms with Gasteiger partial charge in [-0.25, -0.2) is 9.97 Å². The van der Waals surface area contributed by atoms with E-state index in [9.17, 15) is 9.59 Å². The molecule has 1 aliphatic carbocycles. The summed E-state index contributed by atoms with van der Waals surface area (Å²) in [5.74, 6) is -0.662. The first-order chi connectivity index (χ1) is 17.0. The van der Waals surface area contributed by atoms with Crippen LogP contribution in [-0.2, 0) is 9.53 Å². The summed E-state index contributed by atoms with van der Waals surface area (Å²) in [5.41, 5.74) is 0.867. The Balaban J connectivity index is 1.33. The van der Waals surface area contributed by atoms with Crippen LogP contribution in [0, 0.1) is 5.92 Å². The van der Waals surface area contributed by atoms with Crippen LogP contribution in [0.25, 0.3) is 11.1 Å². The van der Waals surface area contributed by atoms with E-state index >= 15 is 0 Å². The lowest BCUT2D eigenvalue weighted by molar-refractivity contribution is -0.121. The summed E-state index contributed by atoms with van der Waals surface area (Å²) >= 11 is 12.0. The standard InChI is InChI=1S/C24H25Cl2N5O4/c25-15-3-8-19(27-13-15)29-24(33)22-21(20-17(35-22)6-7-18(26)28-20)30-23(32)14-1-4-16(5-2-14)31-9-11-34-12-10-31/h3,6-8,13-14,16H,1-2,4-5,9-12H2,(H,30,32)(H,27,29,33). The number of morpholine rings is 1. The second-order valence-corrected chi connectivity index (χ2v) is 9.57. The first-order valence-electron chi connectivity index (χ1n) is 11.6. The Kier molecular flexibility index (Phi) is 7.19. The monoisotopic (exact) mass is 517 g/mol. The minimum absolute atomic E-state index is 0.0677. The number of carbonyl (C=O) groups is 2. The predicted molar refractivity (Wildman–Crippen MR) is 133 cm³/mol. The van der Waals surface area contributed by atoms with Crippen LogP contribution in [0.1, 0.15) is 36.2 Å². The highest BCUT2D eigenvalue weighted by Crippen LogP contribution is 2.34. The molecule has 1 saturated carbocycles. The SMILES string of the molecule is O=C(Nc1ccc(Cl)cn1)c1oc2ccc(Cl)nc2c1NC(=O)C1CCC(N2CCOCC2)CC1. The number of amides is 2. The van der Waals surface area contributed by atoms with Gasteiger partial charge < -0.3 is 19.8 Å². The van der Waals surface area contributed by atoms with Gasteiger partial charge in [-0.1, -0.05) is 23.2 Å². The van der Waals surface area contributed by atoms with Gasteiger partial charge in [-0.05, 0) is 49.9 Å². The quantitative estimate of drug-likeness (QED) is 0.475. The van der Waals surface area contributed by atoms with E-state index in [-0.39, 0.29) is 28.4 Å². The molecule has 4 heterocycles. The first-order valence-corrected chi connectivity index (χ1v) is 12.4. The van der Waals surface area contributed by atoms with Crippen molar-refractivity contribution < 1.29 is 18.7 Å². The van der Waals surface area contributed by atoms with Gasteiger partial charge in [-0.2, -0.15) is 0 Å². The molecule has 0 spiro atoms. The summed E-state index contributed by atoms with van der Waals surface area (Å²) in [6.45, 7) is 3.41. The Hall–Kier alpha value is -2.72. The van der Waals surface area contributed by atoms with Crippen LogP contribution in [0.15, 0.2) is 34.9 Å². The van der Waals surface area contributed by atoms with Crippen LogP contribution < -0.4 is 10.6 Å². The molecule has 184 valence electrons. The van der Waals surface area contributed by atoms with Gasteiger partial charge in [0.25, 0.3) is 5.91 Å². The van der Waals surface area contributed by atoms with Crippen LogP contribution in [0.4, 0.5) is 11.5 Å². The third-order valence-corrected chi connectivity index (χ3v) is 6.99. The third kappa shape index (κ3) is 5.43. The summed E-state index contributed by atoms with van der Waals surface area (Å²) in [6, 6.07) is 6.84. The Morgan fingerprint density at radius 2 is 1.77 bits per heavy atom. The average molecular weight is 518 g/mol. The van der Waals surface area contributed by atoms with E-state index in [1.165, 1.54) is 6.20 Å².